The lowest BCUT2D eigenvalue weighted by molar-refractivity contribution is -0.123. The predicted octanol–water partition coefficient (Wildman–Crippen LogP) is 2.37. The molecule has 2 heterocycles. The molecule has 1 aliphatic heterocycles. The molecule has 1 aromatic heterocycles. The molecule has 0 unspecified atom stereocenters. The Kier molecular flexibility index (Phi) is 4.21. The lowest BCUT2D eigenvalue weighted by Gasteiger charge is -2.33. The fraction of sp³-hybridized carbons (Fsp3) is 0.667. The Bertz CT molecular complexity index is 565. The van der Waals surface area contributed by atoms with Gasteiger partial charge in [0.2, 0.25) is 5.91 Å². The minimum Gasteiger partial charge on any atom is -0.356 e. The third-order valence-electron chi connectivity index (χ3n) is 4.26. The van der Waals surface area contributed by atoms with E-state index in [1.165, 1.54) is 0 Å². The number of carbonyl (C=O) groups excluding carboxylic acids is 1. The Morgan fingerprint density at radius 1 is 1.32 bits per heavy atom. The molecule has 0 aromatic carbocycles. The highest BCUT2D eigenvalue weighted by atomic mass is 35.5. The molecule has 120 valence electrons. The van der Waals surface area contributed by atoms with E-state index in [4.69, 9.17) is 23.2 Å². The first-order valence-corrected chi connectivity index (χ1v) is 8.36. The Morgan fingerprint density at radius 3 is 2.50 bits per heavy atom. The van der Waals surface area contributed by atoms with Gasteiger partial charge < -0.3 is 10.2 Å². The highest BCUT2D eigenvalue weighted by Crippen LogP contribution is 2.53. The van der Waals surface area contributed by atoms with Gasteiger partial charge in [-0.15, -0.1) is 23.2 Å². The number of carbonyl (C=O) groups is 1. The van der Waals surface area contributed by atoms with E-state index in [-0.39, 0.29) is 17.9 Å². The molecular formula is C15H20Cl2N4O. The predicted molar refractivity (Wildman–Crippen MR) is 87.4 cm³/mol. The number of hydrogen-bond acceptors (Lipinski definition) is 4. The molecule has 1 atom stereocenters. The van der Waals surface area contributed by atoms with E-state index in [1.807, 2.05) is 19.9 Å². The number of alkyl halides is 2. The number of aryl methyl sites for hydroxylation is 2. The second-order valence-electron chi connectivity index (χ2n) is 6.20. The van der Waals surface area contributed by atoms with Crippen LogP contribution in [0.25, 0.3) is 0 Å². The molecule has 7 heteroatoms. The summed E-state index contributed by atoms with van der Waals surface area (Å²) in [5.41, 5.74) is 0.979. The second-order valence-corrected chi connectivity index (χ2v) is 7.74. The van der Waals surface area contributed by atoms with Gasteiger partial charge in [-0.1, -0.05) is 0 Å². The van der Waals surface area contributed by atoms with E-state index in [0.29, 0.717) is 6.42 Å². The third-order valence-corrected chi connectivity index (χ3v) is 5.10. The van der Waals surface area contributed by atoms with Crippen molar-refractivity contribution in [1.29, 1.82) is 0 Å². The number of halogens is 2. The van der Waals surface area contributed by atoms with E-state index >= 15 is 0 Å². The van der Waals surface area contributed by atoms with Crippen molar-refractivity contribution in [3.8, 4) is 0 Å². The average Bonchev–Trinajstić information content (AvgIpc) is 3.08. The average molecular weight is 343 g/mol. The smallest absolute Gasteiger partial charge is 0.226 e. The summed E-state index contributed by atoms with van der Waals surface area (Å²) in [6.07, 6.45) is 2.36. The van der Waals surface area contributed by atoms with Crippen molar-refractivity contribution < 1.29 is 4.79 Å². The van der Waals surface area contributed by atoms with Crippen LogP contribution in [0, 0.1) is 19.8 Å². The summed E-state index contributed by atoms with van der Waals surface area (Å²) < 4.78 is -0.846. The van der Waals surface area contributed by atoms with Crippen molar-refractivity contribution in [3.05, 3.63) is 17.6 Å². The topological polar surface area (TPSA) is 58.1 Å². The highest BCUT2D eigenvalue weighted by molar-refractivity contribution is 6.52. The minimum absolute atomic E-state index is 0.0165. The van der Waals surface area contributed by atoms with Crippen LogP contribution in [0.5, 0.6) is 0 Å². The van der Waals surface area contributed by atoms with Crippen molar-refractivity contribution >= 4 is 34.9 Å². The quantitative estimate of drug-likeness (QED) is 0.856. The number of nitrogens with zero attached hydrogens (tertiary/aromatic N) is 3. The molecule has 0 radical (unpaired) electrons. The van der Waals surface area contributed by atoms with Crippen molar-refractivity contribution in [3.63, 3.8) is 0 Å². The van der Waals surface area contributed by atoms with Crippen molar-refractivity contribution in [2.45, 2.75) is 43.5 Å². The summed E-state index contributed by atoms with van der Waals surface area (Å²) in [5.74, 6) is 1.50. The molecule has 0 bridgehead atoms. The largest absolute Gasteiger partial charge is 0.356 e. The van der Waals surface area contributed by atoms with Crippen LogP contribution >= 0.6 is 23.2 Å². The van der Waals surface area contributed by atoms with Crippen LogP contribution in [0.15, 0.2) is 6.07 Å². The molecule has 1 saturated carbocycles. The van der Waals surface area contributed by atoms with Crippen LogP contribution in [0.4, 0.5) is 5.82 Å². The summed E-state index contributed by atoms with van der Waals surface area (Å²) in [6, 6.07) is 2.20. The van der Waals surface area contributed by atoms with Crippen molar-refractivity contribution in [2.24, 2.45) is 5.92 Å². The number of aromatic nitrogens is 2. The Labute approximate surface area is 140 Å². The SMILES string of the molecule is Cc1cc(N2CCC(NC(=O)[C@H]3CC3(Cl)Cl)CC2)nc(C)n1. The van der Waals surface area contributed by atoms with E-state index < -0.39 is 4.33 Å². The zero-order chi connectivity index (χ0) is 15.9. The molecule has 1 aliphatic carbocycles. The summed E-state index contributed by atoms with van der Waals surface area (Å²) in [4.78, 5) is 23.1. The summed E-state index contributed by atoms with van der Waals surface area (Å²) >= 11 is 11.9. The fourth-order valence-corrected chi connectivity index (χ4v) is 3.42. The van der Waals surface area contributed by atoms with E-state index in [2.05, 4.69) is 20.2 Å². The highest BCUT2D eigenvalue weighted by Gasteiger charge is 2.56. The van der Waals surface area contributed by atoms with Crippen LogP contribution < -0.4 is 10.2 Å². The van der Waals surface area contributed by atoms with Crippen molar-refractivity contribution in [1.82, 2.24) is 15.3 Å². The molecule has 1 N–H and O–H groups in total. The van der Waals surface area contributed by atoms with Crippen LogP contribution in [0.1, 0.15) is 30.8 Å². The minimum atomic E-state index is -0.846. The van der Waals surface area contributed by atoms with Gasteiger partial charge in [-0.3, -0.25) is 4.79 Å². The normalized spacial score (nSPS) is 24.2. The molecule has 1 aromatic rings. The van der Waals surface area contributed by atoms with E-state index in [0.717, 1.165) is 43.3 Å². The van der Waals surface area contributed by atoms with Gasteiger partial charge in [0.1, 0.15) is 16.0 Å². The molecule has 3 rings (SSSR count). The summed E-state index contributed by atoms with van der Waals surface area (Å²) in [7, 11) is 0. The fourth-order valence-electron chi connectivity index (χ4n) is 2.91. The third kappa shape index (κ3) is 3.46. The summed E-state index contributed by atoms with van der Waals surface area (Å²) in [5, 5.41) is 3.06. The van der Waals surface area contributed by atoms with Gasteiger partial charge in [-0.05, 0) is 33.1 Å². The summed E-state index contributed by atoms with van der Waals surface area (Å²) in [6.45, 7) is 5.63. The van der Waals surface area contributed by atoms with E-state index in [1.54, 1.807) is 0 Å². The van der Waals surface area contributed by atoms with E-state index in [9.17, 15) is 4.79 Å². The first-order valence-electron chi connectivity index (χ1n) is 7.60. The molecule has 22 heavy (non-hydrogen) atoms. The first kappa shape index (κ1) is 15.8. The van der Waals surface area contributed by atoms with Gasteiger partial charge in [-0.2, -0.15) is 0 Å². The standard InChI is InChI=1S/C15H20Cl2N4O/c1-9-7-13(19-10(2)18-9)21-5-3-11(4-6-21)20-14(22)12-8-15(12,16)17/h7,11-12H,3-6,8H2,1-2H3,(H,20,22)/t12-/m1/s1. The number of piperidine rings is 1. The van der Waals surface area contributed by atoms with Gasteiger partial charge >= 0.3 is 0 Å². The lowest BCUT2D eigenvalue weighted by Crippen LogP contribution is -2.45. The van der Waals surface area contributed by atoms with Gasteiger partial charge in [0.05, 0.1) is 5.92 Å². The van der Waals surface area contributed by atoms with Crippen LogP contribution in [-0.4, -0.2) is 39.3 Å². The second kappa shape index (κ2) is 5.85. The van der Waals surface area contributed by atoms with Crippen molar-refractivity contribution in [2.75, 3.05) is 18.0 Å². The molecule has 1 amide bonds. The maximum absolute atomic E-state index is 12.0. The maximum atomic E-state index is 12.0. The zero-order valence-corrected chi connectivity index (χ0v) is 14.3. The molecule has 2 fully saturated rings. The van der Waals surface area contributed by atoms with Crippen LogP contribution in [0.3, 0.4) is 0 Å². The maximum Gasteiger partial charge on any atom is 0.226 e. The Balaban J connectivity index is 1.53. The van der Waals surface area contributed by atoms with Gasteiger partial charge in [0.25, 0.3) is 0 Å². The first-order chi connectivity index (χ1) is 10.3. The number of hydrogen-bond donors (Lipinski definition) is 1. The number of nitrogens with one attached hydrogen (secondary N) is 1. The lowest BCUT2D eigenvalue weighted by atomic mass is 10.0. The molecular weight excluding hydrogens is 323 g/mol. The molecule has 1 saturated heterocycles. The number of rotatable bonds is 3. The van der Waals surface area contributed by atoms with Crippen LogP contribution in [0.2, 0.25) is 0 Å². The van der Waals surface area contributed by atoms with Crippen LogP contribution in [-0.2, 0) is 4.79 Å². The Hall–Kier alpha value is -1.07. The Morgan fingerprint density at radius 2 is 1.95 bits per heavy atom. The zero-order valence-electron chi connectivity index (χ0n) is 12.8. The number of amides is 1. The van der Waals surface area contributed by atoms with Gasteiger partial charge in [0.15, 0.2) is 0 Å². The molecule has 5 nitrogen and oxygen atoms in total. The molecule has 2 aliphatic rings. The number of anilines is 1. The van der Waals surface area contributed by atoms with Gasteiger partial charge in [0, 0.05) is 30.9 Å². The monoisotopic (exact) mass is 342 g/mol. The molecule has 0 spiro atoms. The van der Waals surface area contributed by atoms with Gasteiger partial charge in [-0.25, -0.2) is 9.97 Å².